The average Bonchev–Trinajstić information content (AvgIpc) is 3.47. The van der Waals surface area contributed by atoms with Crippen molar-refractivity contribution in [3.63, 3.8) is 0 Å². The van der Waals surface area contributed by atoms with Gasteiger partial charge in [-0.05, 0) is 37.6 Å². The molecule has 3 heterocycles. The number of carbonyl (C=O) groups is 1. The smallest absolute Gasteiger partial charge is 0.220 e. The Morgan fingerprint density at radius 2 is 2.06 bits per heavy atom. The molecule has 9 heteroatoms. The normalized spacial score (nSPS) is 11.1. The van der Waals surface area contributed by atoms with Crippen LogP contribution < -0.4 is 5.32 Å². The van der Waals surface area contributed by atoms with Crippen molar-refractivity contribution >= 4 is 28.6 Å². The number of oxazole rings is 1. The minimum atomic E-state index is -0.720. The summed E-state index contributed by atoms with van der Waals surface area (Å²) < 4.78 is 32.4. The first-order valence-corrected chi connectivity index (χ1v) is 11.4. The summed E-state index contributed by atoms with van der Waals surface area (Å²) in [6, 6.07) is 7.36. The molecule has 0 saturated heterocycles. The molecule has 0 atom stereocenters. The number of aryl methyl sites for hydroxylation is 2. The first kappa shape index (κ1) is 21.3. The van der Waals surface area contributed by atoms with Gasteiger partial charge in [0.25, 0.3) is 0 Å². The molecule has 0 spiro atoms. The van der Waals surface area contributed by atoms with Gasteiger partial charge in [0.2, 0.25) is 5.91 Å². The summed E-state index contributed by atoms with van der Waals surface area (Å²) in [5.41, 5.74) is 1.13. The van der Waals surface area contributed by atoms with Crippen LogP contribution in [0.4, 0.5) is 8.78 Å². The van der Waals surface area contributed by atoms with E-state index >= 15 is 0 Å². The number of nitrogens with zero attached hydrogens (tertiary/aromatic N) is 2. The third kappa shape index (κ3) is 5.42. The van der Waals surface area contributed by atoms with E-state index in [1.54, 1.807) is 22.7 Å². The maximum absolute atomic E-state index is 13.8. The zero-order chi connectivity index (χ0) is 21.8. The van der Waals surface area contributed by atoms with Gasteiger partial charge < -0.3 is 9.73 Å². The molecule has 0 saturated carbocycles. The van der Waals surface area contributed by atoms with E-state index in [9.17, 15) is 13.6 Å². The van der Waals surface area contributed by atoms with Crippen molar-refractivity contribution in [2.45, 2.75) is 26.2 Å². The monoisotopic (exact) mass is 459 g/mol. The van der Waals surface area contributed by atoms with Crippen molar-refractivity contribution in [2.75, 3.05) is 6.54 Å². The van der Waals surface area contributed by atoms with Gasteiger partial charge in [0.15, 0.2) is 11.7 Å². The number of carbonyl (C=O) groups excluding carboxylic acids is 1. The molecule has 4 aromatic rings. The zero-order valence-corrected chi connectivity index (χ0v) is 18.3. The van der Waals surface area contributed by atoms with Gasteiger partial charge in [0, 0.05) is 35.7 Å². The lowest BCUT2D eigenvalue weighted by Gasteiger charge is -2.03. The van der Waals surface area contributed by atoms with Gasteiger partial charge in [0.05, 0.1) is 27.3 Å². The standard InChI is InChI=1S/C22H19F2N3O2S2/c1-13-27-18(12-30-13)20-5-3-15(31-20)8-9-25-21(28)6-7-22-26-11-19(29-22)16-4-2-14(23)10-17(16)24/h2-5,10-12H,6-9H2,1H3,(H,25,28). The number of aromatic nitrogens is 2. The first-order chi connectivity index (χ1) is 15.0. The predicted molar refractivity (Wildman–Crippen MR) is 117 cm³/mol. The lowest BCUT2D eigenvalue weighted by atomic mass is 10.2. The van der Waals surface area contributed by atoms with Gasteiger partial charge in [-0.15, -0.1) is 22.7 Å². The van der Waals surface area contributed by atoms with Crippen molar-refractivity contribution in [2.24, 2.45) is 0 Å². The number of thiazole rings is 1. The third-order valence-electron chi connectivity index (χ3n) is 4.54. The lowest BCUT2D eigenvalue weighted by molar-refractivity contribution is -0.121. The van der Waals surface area contributed by atoms with Crippen LogP contribution in [-0.2, 0) is 17.6 Å². The molecule has 5 nitrogen and oxygen atoms in total. The van der Waals surface area contributed by atoms with Crippen LogP contribution in [0.2, 0.25) is 0 Å². The molecule has 0 fully saturated rings. The fraction of sp³-hybridized carbons (Fsp3) is 0.227. The molecule has 0 bridgehead atoms. The van der Waals surface area contributed by atoms with Gasteiger partial charge in [-0.3, -0.25) is 4.79 Å². The average molecular weight is 460 g/mol. The van der Waals surface area contributed by atoms with Crippen molar-refractivity contribution < 1.29 is 18.0 Å². The van der Waals surface area contributed by atoms with E-state index in [0.29, 0.717) is 18.9 Å². The second kappa shape index (κ2) is 9.49. The summed E-state index contributed by atoms with van der Waals surface area (Å²) in [7, 11) is 0. The number of rotatable bonds is 8. The second-order valence-corrected chi connectivity index (χ2v) is 9.09. The van der Waals surface area contributed by atoms with E-state index in [4.69, 9.17) is 4.42 Å². The van der Waals surface area contributed by atoms with Crippen LogP contribution in [0.15, 0.2) is 46.3 Å². The second-order valence-electron chi connectivity index (χ2n) is 6.86. The maximum Gasteiger partial charge on any atom is 0.220 e. The highest BCUT2D eigenvalue weighted by Gasteiger charge is 2.13. The van der Waals surface area contributed by atoms with Gasteiger partial charge >= 0.3 is 0 Å². The highest BCUT2D eigenvalue weighted by molar-refractivity contribution is 7.16. The topological polar surface area (TPSA) is 68.0 Å². The summed E-state index contributed by atoms with van der Waals surface area (Å²) in [5.74, 6) is -0.955. The molecule has 0 aliphatic rings. The highest BCUT2D eigenvalue weighted by atomic mass is 32.1. The summed E-state index contributed by atoms with van der Waals surface area (Å²) in [6.07, 6.45) is 2.62. The van der Waals surface area contributed by atoms with Crippen LogP contribution in [0.5, 0.6) is 0 Å². The Hall–Kier alpha value is -2.91. The Balaban J connectivity index is 1.23. The molecule has 1 N–H and O–H groups in total. The van der Waals surface area contributed by atoms with Crippen molar-refractivity contribution in [1.29, 1.82) is 0 Å². The van der Waals surface area contributed by atoms with Gasteiger partial charge in [-0.2, -0.15) is 0 Å². The Kier molecular flexibility index (Phi) is 6.53. The quantitative estimate of drug-likeness (QED) is 0.383. The van der Waals surface area contributed by atoms with Crippen LogP contribution in [0.1, 0.15) is 22.2 Å². The molecule has 4 rings (SSSR count). The number of thiophene rings is 1. The van der Waals surface area contributed by atoms with Crippen LogP contribution in [0, 0.1) is 18.6 Å². The van der Waals surface area contributed by atoms with Crippen LogP contribution in [0.3, 0.4) is 0 Å². The Morgan fingerprint density at radius 1 is 1.19 bits per heavy atom. The molecule has 160 valence electrons. The number of amides is 1. The van der Waals surface area contributed by atoms with Crippen LogP contribution in [-0.4, -0.2) is 22.4 Å². The molecule has 1 amide bonds. The van der Waals surface area contributed by atoms with Crippen LogP contribution >= 0.6 is 22.7 Å². The molecule has 0 aliphatic carbocycles. The lowest BCUT2D eigenvalue weighted by Crippen LogP contribution is -2.25. The van der Waals surface area contributed by atoms with E-state index in [-0.39, 0.29) is 23.7 Å². The Bertz CT molecular complexity index is 1200. The van der Waals surface area contributed by atoms with Crippen molar-refractivity contribution in [1.82, 2.24) is 15.3 Å². The van der Waals surface area contributed by atoms with E-state index < -0.39 is 11.6 Å². The Morgan fingerprint density at radius 3 is 2.84 bits per heavy atom. The summed E-state index contributed by atoms with van der Waals surface area (Å²) in [4.78, 5) is 23.0. The molecule has 3 aromatic heterocycles. The molecule has 0 aliphatic heterocycles. The fourth-order valence-electron chi connectivity index (χ4n) is 3.00. The van der Waals surface area contributed by atoms with Crippen molar-refractivity contribution in [3.8, 4) is 21.9 Å². The van der Waals surface area contributed by atoms with Crippen LogP contribution in [0.25, 0.3) is 21.9 Å². The third-order valence-corrected chi connectivity index (χ3v) is 6.48. The van der Waals surface area contributed by atoms with Gasteiger partial charge in [-0.25, -0.2) is 18.7 Å². The van der Waals surface area contributed by atoms with E-state index in [2.05, 4.69) is 27.4 Å². The first-order valence-electron chi connectivity index (χ1n) is 9.66. The summed E-state index contributed by atoms with van der Waals surface area (Å²) in [6.45, 7) is 2.52. The van der Waals surface area contributed by atoms with E-state index in [1.165, 1.54) is 17.1 Å². The molecular weight excluding hydrogens is 440 g/mol. The van der Waals surface area contributed by atoms with Crippen molar-refractivity contribution in [3.05, 3.63) is 69.3 Å². The summed E-state index contributed by atoms with van der Waals surface area (Å²) in [5, 5.41) is 5.98. The highest BCUT2D eigenvalue weighted by Crippen LogP contribution is 2.29. The van der Waals surface area contributed by atoms with E-state index in [1.807, 2.05) is 12.3 Å². The predicted octanol–water partition coefficient (Wildman–Crippen LogP) is 5.40. The molecular formula is C22H19F2N3O2S2. The minimum Gasteiger partial charge on any atom is -0.441 e. The molecule has 0 unspecified atom stereocenters. The number of benzene rings is 1. The number of hydrogen-bond acceptors (Lipinski definition) is 6. The molecule has 31 heavy (non-hydrogen) atoms. The molecule has 0 radical (unpaired) electrons. The largest absolute Gasteiger partial charge is 0.441 e. The summed E-state index contributed by atoms with van der Waals surface area (Å²) >= 11 is 3.31. The number of halogens is 2. The number of nitrogens with one attached hydrogen (secondary N) is 1. The minimum absolute atomic E-state index is 0.111. The van der Waals surface area contributed by atoms with Gasteiger partial charge in [-0.1, -0.05) is 0 Å². The van der Waals surface area contributed by atoms with Gasteiger partial charge in [0.1, 0.15) is 11.6 Å². The maximum atomic E-state index is 13.8. The molecule has 1 aromatic carbocycles. The van der Waals surface area contributed by atoms with E-state index in [0.717, 1.165) is 34.1 Å². The number of hydrogen-bond donors (Lipinski definition) is 1. The Labute approximate surface area is 185 Å². The zero-order valence-electron chi connectivity index (χ0n) is 16.7. The SMILES string of the molecule is Cc1nc(-c2ccc(CCNC(=O)CCc3ncc(-c4ccc(F)cc4F)o3)s2)cs1. The fourth-order valence-corrected chi connectivity index (χ4v) is 4.66.